The lowest BCUT2D eigenvalue weighted by Crippen LogP contribution is -2.48. The van der Waals surface area contributed by atoms with Crippen LogP contribution in [-0.2, 0) is 11.3 Å². The van der Waals surface area contributed by atoms with E-state index in [0.717, 1.165) is 37.4 Å². The van der Waals surface area contributed by atoms with Crippen LogP contribution < -0.4 is 10.2 Å². The quantitative estimate of drug-likeness (QED) is 0.897. The van der Waals surface area contributed by atoms with Gasteiger partial charge in [0.05, 0.1) is 18.8 Å². The molecule has 1 aromatic carbocycles. The summed E-state index contributed by atoms with van der Waals surface area (Å²) in [7, 11) is 0. The summed E-state index contributed by atoms with van der Waals surface area (Å²) < 4.78 is 19.6. The van der Waals surface area contributed by atoms with E-state index < -0.39 is 0 Å². The van der Waals surface area contributed by atoms with Gasteiger partial charge in [-0.2, -0.15) is 0 Å². The monoisotopic (exact) mass is 280 g/mol. The predicted molar refractivity (Wildman–Crippen MR) is 80.6 cm³/mol. The standard InChI is InChI=1S/C16H25FN2O/c1-4-15-11-20-12(3)10-19(15)16-7-13(9-18-5-2)6-14(17)8-16/h6-8,12,15,18H,4-5,9-11H2,1-3H3. The molecule has 20 heavy (non-hydrogen) atoms. The zero-order valence-corrected chi connectivity index (χ0v) is 12.7. The molecule has 1 heterocycles. The lowest BCUT2D eigenvalue weighted by molar-refractivity contribution is 0.0299. The molecule has 0 saturated carbocycles. The van der Waals surface area contributed by atoms with Gasteiger partial charge in [0, 0.05) is 18.8 Å². The highest BCUT2D eigenvalue weighted by molar-refractivity contribution is 5.50. The van der Waals surface area contributed by atoms with Crippen LogP contribution in [0.5, 0.6) is 0 Å². The van der Waals surface area contributed by atoms with Crippen LogP contribution in [0.1, 0.15) is 32.8 Å². The van der Waals surface area contributed by atoms with Crippen LogP contribution in [0.2, 0.25) is 0 Å². The third kappa shape index (κ3) is 3.70. The van der Waals surface area contributed by atoms with E-state index in [9.17, 15) is 4.39 Å². The normalized spacial score (nSPS) is 23.1. The molecule has 0 aromatic heterocycles. The van der Waals surface area contributed by atoms with E-state index in [1.165, 1.54) is 0 Å². The number of hydrogen-bond acceptors (Lipinski definition) is 3. The third-order valence-electron chi connectivity index (χ3n) is 3.79. The van der Waals surface area contributed by atoms with Crippen molar-refractivity contribution in [3.05, 3.63) is 29.6 Å². The maximum atomic E-state index is 13.9. The van der Waals surface area contributed by atoms with Crippen molar-refractivity contribution < 1.29 is 9.13 Å². The molecule has 0 spiro atoms. The molecule has 112 valence electrons. The number of ether oxygens (including phenoxy) is 1. The van der Waals surface area contributed by atoms with Crippen molar-refractivity contribution in [1.29, 1.82) is 0 Å². The largest absolute Gasteiger partial charge is 0.375 e. The predicted octanol–water partition coefficient (Wildman–Crippen LogP) is 2.94. The average Bonchev–Trinajstić information content (AvgIpc) is 2.44. The van der Waals surface area contributed by atoms with Crippen LogP contribution in [0.4, 0.5) is 10.1 Å². The highest BCUT2D eigenvalue weighted by Crippen LogP contribution is 2.25. The van der Waals surface area contributed by atoms with Crippen molar-refractivity contribution in [2.24, 2.45) is 0 Å². The van der Waals surface area contributed by atoms with Crippen LogP contribution in [0.3, 0.4) is 0 Å². The highest BCUT2D eigenvalue weighted by atomic mass is 19.1. The number of morpholine rings is 1. The van der Waals surface area contributed by atoms with Gasteiger partial charge in [-0.1, -0.05) is 13.8 Å². The fourth-order valence-electron chi connectivity index (χ4n) is 2.67. The topological polar surface area (TPSA) is 24.5 Å². The molecule has 1 aliphatic heterocycles. The Kier molecular flexibility index (Phi) is 5.38. The second kappa shape index (κ2) is 7.04. The molecule has 2 atom stereocenters. The van der Waals surface area contributed by atoms with Gasteiger partial charge >= 0.3 is 0 Å². The summed E-state index contributed by atoms with van der Waals surface area (Å²) in [6.07, 6.45) is 1.20. The first-order valence-electron chi connectivity index (χ1n) is 7.52. The molecule has 1 N–H and O–H groups in total. The number of nitrogens with zero attached hydrogens (tertiary/aromatic N) is 1. The number of halogens is 1. The first kappa shape index (κ1) is 15.3. The van der Waals surface area contributed by atoms with E-state index >= 15 is 0 Å². The van der Waals surface area contributed by atoms with E-state index in [-0.39, 0.29) is 11.9 Å². The van der Waals surface area contributed by atoms with Crippen LogP contribution in [0, 0.1) is 5.82 Å². The van der Waals surface area contributed by atoms with Crippen LogP contribution in [0.25, 0.3) is 0 Å². The minimum absolute atomic E-state index is 0.163. The second-order valence-electron chi connectivity index (χ2n) is 5.46. The van der Waals surface area contributed by atoms with Gasteiger partial charge < -0.3 is 15.0 Å². The van der Waals surface area contributed by atoms with Crippen molar-refractivity contribution in [2.45, 2.75) is 45.9 Å². The Labute approximate surface area is 121 Å². The molecule has 0 bridgehead atoms. The first-order chi connectivity index (χ1) is 9.63. The van der Waals surface area contributed by atoms with Crippen LogP contribution in [0.15, 0.2) is 18.2 Å². The summed E-state index contributed by atoms with van der Waals surface area (Å²) in [5.74, 6) is -0.163. The van der Waals surface area contributed by atoms with Crippen LogP contribution >= 0.6 is 0 Å². The summed E-state index contributed by atoms with van der Waals surface area (Å²) >= 11 is 0. The summed E-state index contributed by atoms with van der Waals surface area (Å²) in [4.78, 5) is 2.28. The Bertz CT molecular complexity index is 438. The second-order valence-corrected chi connectivity index (χ2v) is 5.46. The lowest BCUT2D eigenvalue weighted by Gasteiger charge is -2.40. The van der Waals surface area contributed by atoms with Crippen LogP contribution in [-0.4, -0.2) is 31.8 Å². The van der Waals surface area contributed by atoms with Gasteiger partial charge in [0.15, 0.2) is 0 Å². The number of benzene rings is 1. The molecular formula is C16H25FN2O. The average molecular weight is 280 g/mol. The smallest absolute Gasteiger partial charge is 0.125 e. The van der Waals surface area contributed by atoms with E-state index in [1.54, 1.807) is 12.1 Å². The number of anilines is 1. The van der Waals surface area contributed by atoms with E-state index in [2.05, 4.69) is 37.1 Å². The molecule has 0 aliphatic carbocycles. The van der Waals surface area contributed by atoms with Crippen molar-refractivity contribution in [1.82, 2.24) is 5.32 Å². The van der Waals surface area contributed by atoms with Gasteiger partial charge in [-0.25, -0.2) is 4.39 Å². The minimum atomic E-state index is -0.163. The summed E-state index contributed by atoms with van der Waals surface area (Å²) in [6.45, 7) is 9.40. The lowest BCUT2D eigenvalue weighted by atomic mass is 10.1. The molecule has 0 amide bonds. The number of hydrogen-bond donors (Lipinski definition) is 1. The van der Waals surface area contributed by atoms with Gasteiger partial charge in [0.25, 0.3) is 0 Å². The summed E-state index contributed by atoms with van der Waals surface area (Å²) in [6, 6.07) is 5.67. The first-order valence-corrected chi connectivity index (χ1v) is 7.52. The molecule has 1 fully saturated rings. The van der Waals surface area contributed by atoms with Crippen molar-refractivity contribution in [3.8, 4) is 0 Å². The minimum Gasteiger partial charge on any atom is -0.375 e. The van der Waals surface area contributed by atoms with Crippen molar-refractivity contribution >= 4 is 5.69 Å². The Morgan fingerprint density at radius 3 is 2.85 bits per heavy atom. The molecule has 1 aromatic rings. The summed E-state index contributed by atoms with van der Waals surface area (Å²) in [5.41, 5.74) is 1.97. The zero-order chi connectivity index (χ0) is 14.5. The van der Waals surface area contributed by atoms with Crippen molar-refractivity contribution in [3.63, 3.8) is 0 Å². The van der Waals surface area contributed by atoms with Gasteiger partial charge in [0.2, 0.25) is 0 Å². The highest BCUT2D eigenvalue weighted by Gasteiger charge is 2.26. The van der Waals surface area contributed by atoms with E-state index in [4.69, 9.17) is 4.74 Å². The molecule has 1 aliphatic rings. The molecular weight excluding hydrogens is 255 g/mol. The number of nitrogens with one attached hydrogen (secondary N) is 1. The molecule has 1 saturated heterocycles. The SMILES string of the molecule is CCNCc1cc(F)cc(N2CC(C)OCC2CC)c1. The summed E-state index contributed by atoms with van der Waals surface area (Å²) in [5, 5.41) is 3.25. The fraction of sp³-hybridized carbons (Fsp3) is 0.625. The fourth-order valence-corrected chi connectivity index (χ4v) is 2.67. The maximum absolute atomic E-state index is 13.9. The van der Waals surface area contributed by atoms with Gasteiger partial charge in [-0.15, -0.1) is 0 Å². The van der Waals surface area contributed by atoms with E-state index in [0.29, 0.717) is 12.6 Å². The third-order valence-corrected chi connectivity index (χ3v) is 3.79. The van der Waals surface area contributed by atoms with Crippen molar-refractivity contribution in [2.75, 3.05) is 24.6 Å². The Morgan fingerprint density at radius 2 is 2.15 bits per heavy atom. The molecule has 4 heteroatoms. The molecule has 2 unspecified atom stereocenters. The van der Waals surface area contributed by atoms with Gasteiger partial charge in [-0.3, -0.25) is 0 Å². The van der Waals surface area contributed by atoms with E-state index in [1.807, 2.05) is 0 Å². The Hall–Kier alpha value is -1.13. The molecule has 3 nitrogen and oxygen atoms in total. The molecule has 2 rings (SSSR count). The zero-order valence-electron chi connectivity index (χ0n) is 12.7. The van der Waals surface area contributed by atoms with Gasteiger partial charge in [0.1, 0.15) is 5.82 Å². The molecule has 0 radical (unpaired) electrons. The number of rotatable bonds is 5. The van der Waals surface area contributed by atoms with Gasteiger partial charge in [-0.05, 0) is 43.7 Å². The Morgan fingerprint density at radius 1 is 1.35 bits per heavy atom. The maximum Gasteiger partial charge on any atom is 0.125 e. The Balaban J connectivity index is 2.22.